The summed E-state index contributed by atoms with van der Waals surface area (Å²) in [4.78, 5) is 0. The van der Waals surface area contributed by atoms with Crippen molar-refractivity contribution >= 4 is 22.7 Å². The van der Waals surface area contributed by atoms with Gasteiger partial charge in [0, 0.05) is 23.9 Å². The van der Waals surface area contributed by atoms with Crippen molar-refractivity contribution in [2.75, 3.05) is 6.26 Å². The smallest absolute Gasteiger partial charge is 0.124 e. The van der Waals surface area contributed by atoms with Gasteiger partial charge >= 0.3 is 0 Å². The summed E-state index contributed by atoms with van der Waals surface area (Å²) >= 11 is 1.79. The quantitative estimate of drug-likeness (QED) is 0.819. The molecule has 0 bridgehead atoms. The molecule has 0 aliphatic carbocycles. The Kier molecular flexibility index (Phi) is 2.42. The summed E-state index contributed by atoms with van der Waals surface area (Å²) in [5, 5.41) is 10.6. The van der Waals surface area contributed by atoms with Crippen LogP contribution in [-0.2, 0) is 12.8 Å². The third kappa shape index (κ3) is 1.38. The van der Waals surface area contributed by atoms with Crippen LogP contribution in [0.15, 0.2) is 24.3 Å². The fourth-order valence-corrected chi connectivity index (χ4v) is 2.26. The minimum absolute atomic E-state index is 0.366. The van der Waals surface area contributed by atoms with Crippen molar-refractivity contribution in [2.45, 2.75) is 5.75 Å². The third-order valence-corrected chi connectivity index (χ3v) is 3.04. The molecule has 0 radical (unpaired) electrons. The lowest BCUT2D eigenvalue weighted by atomic mass is 10.2. The molecule has 0 aliphatic heterocycles. The van der Waals surface area contributed by atoms with Gasteiger partial charge < -0.3 is 9.67 Å². The summed E-state index contributed by atoms with van der Waals surface area (Å²) in [5.74, 6) is 1.34. The van der Waals surface area contributed by atoms with Crippen molar-refractivity contribution in [3.8, 4) is 5.75 Å². The average molecular weight is 207 g/mol. The van der Waals surface area contributed by atoms with Crippen LogP contribution in [0.2, 0.25) is 0 Å². The van der Waals surface area contributed by atoms with Crippen LogP contribution in [0.1, 0.15) is 5.69 Å². The lowest BCUT2D eigenvalue weighted by molar-refractivity contribution is 0.481. The van der Waals surface area contributed by atoms with E-state index in [0.29, 0.717) is 5.75 Å². The molecular weight excluding hydrogens is 194 g/mol. The van der Waals surface area contributed by atoms with Crippen molar-refractivity contribution < 1.29 is 5.11 Å². The second kappa shape index (κ2) is 3.58. The maximum atomic E-state index is 9.66. The van der Waals surface area contributed by atoms with Crippen molar-refractivity contribution in [2.24, 2.45) is 7.05 Å². The van der Waals surface area contributed by atoms with E-state index in [0.717, 1.165) is 16.7 Å². The predicted molar refractivity (Wildman–Crippen MR) is 61.8 cm³/mol. The van der Waals surface area contributed by atoms with Crippen LogP contribution in [0, 0.1) is 0 Å². The highest BCUT2D eigenvalue weighted by Gasteiger charge is 2.07. The molecule has 1 aromatic carbocycles. The highest BCUT2D eigenvalue weighted by atomic mass is 32.2. The first-order valence-corrected chi connectivity index (χ1v) is 5.88. The number of thioether (sulfide) groups is 1. The van der Waals surface area contributed by atoms with Crippen LogP contribution in [0.3, 0.4) is 0 Å². The minimum atomic E-state index is 0.366. The number of phenolic OH excluding ortho intramolecular Hbond substituents is 1. The van der Waals surface area contributed by atoms with Crippen LogP contribution in [0.25, 0.3) is 10.9 Å². The first kappa shape index (κ1) is 9.46. The topological polar surface area (TPSA) is 25.2 Å². The molecule has 74 valence electrons. The predicted octanol–water partition coefficient (Wildman–Crippen LogP) is 2.75. The lowest BCUT2D eigenvalue weighted by Gasteiger charge is -2.01. The summed E-state index contributed by atoms with van der Waals surface area (Å²) in [6.07, 6.45) is 2.08. The second-order valence-corrected chi connectivity index (χ2v) is 4.20. The number of hydrogen-bond acceptors (Lipinski definition) is 2. The number of aromatic nitrogens is 1. The summed E-state index contributed by atoms with van der Waals surface area (Å²) in [7, 11) is 2.04. The standard InChI is InChI=1S/C11H13NOS/c1-12-8(7-14-2)6-9-10(12)4-3-5-11(9)13/h3-6,13H,7H2,1-2H3. The van der Waals surface area contributed by atoms with Crippen molar-refractivity contribution in [1.82, 2.24) is 4.57 Å². The fourth-order valence-electron chi connectivity index (χ4n) is 1.69. The van der Waals surface area contributed by atoms with Crippen molar-refractivity contribution in [1.29, 1.82) is 0 Å². The van der Waals surface area contributed by atoms with Crippen LogP contribution >= 0.6 is 11.8 Å². The number of aryl methyl sites for hydroxylation is 1. The molecule has 2 rings (SSSR count). The highest BCUT2D eigenvalue weighted by Crippen LogP contribution is 2.28. The Morgan fingerprint density at radius 3 is 2.86 bits per heavy atom. The van der Waals surface area contributed by atoms with Gasteiger partial charge in [0.25, 0.3) is 0 Å². The Morgan fingerprint density at radius 1 is 1.43 bits per heavy atom. The van der Waals surface area contributed by atoms with E-state index in [1.54, 1.807) is 17.8 Å². The van der Waals surface area contributed by atoms with Gasteiger partial charge in [-0.25, -0.2) is 0 Å². The number of rotatable bonds is 2. The highest BCUT2D eigenvalue weighted by molar-refractivity contribution is 7.97. The van der Waals surface area contributed by atoms with Gasteiger partial charge in [0.15, 0.2) is 0 Å². The Balaban J connectivity index is 2.67. The maximum absolute atomic E-state index is 9.66. The first-order chi connectivity index (χ1) is 6.74. The molecule has 2 aromatic rings. The zero-order chi connectivity index (χ0) is 10.1. The lowest BCUT2D eigenvalue weighted by Crippen LogP contribution is -1.92. The molecule has 0 aliphatic rings. The summed E-state index contributed by atoms with van der Waals surface area (Å²) in [5.41, 5.74) is 2.34. The molecule has 0 saturated heterocycles. The van der Waals surface area contributed by atoms with Crippen molar-refractivity contribution in [3.63, 3.8) is 0 Å². The van der Waals surface area contributed by atoms with Gasteiger partial charge in [-0.1, -0.05) is 6.07 Å². The number of benzene rings is 1. The molecule has 1 N–H and O–H groups in total. The van der Waals surface area contributed by atoms with Gasteiger partial charge in [0.05, 0.1) is 5.52 Å². The third-order valence-electron chi connectivity index (χ3n) is 2.46. The maximum Gasteiger partial charge on any atom is 0.124 e. The van der Waals surface area contributed by atoms with E-state index >= 15 is 0 Å². The van der Waals surface area contributed by atoms with Gasteiger partial charge in [-0.3, -0.25) is 0 Å². The van der Waals surface area contributed by atoms with E-state index in [9.17, 15) is 5.11 Å². The van der Waals surface area contributed by atoms with Crippen LogP contribution in [0.5, 0.6) is 5.75 Å². The molecule has 0 saturated carbocycles. The minimum Gasteiger partial charge on any atom is -0.507 e. The van der Waals surface area contributed by atoms with Gasteiger partial charge in [-0.2, -0.15) is 11.8 Å². The van der Waals surface area contributed by atoms with E-state index in [1.165, 1.54) is 5.69 Å². The molecule has 0 atom stereocenters. The number of nitrogens with zero attached hydrogens (tertiary/aromatic N) is 1. The zero-order valence-electron chi connectivity index (χ0n) is 8.32. The zero-order valence-corrected chi connectivity index (χ0v) is 9.14. The Labute approximate surface area is 87.5 Å². The number of fused-ring (bicyclic) bond motifs is 1. The molecule has 2 nitrogen and oxygen atoms in total. The van der Waals surface area contributed by atoms with E-state index in [4.69, 9.17) is 0 Å². The van der Waals surface area contributed by atoms with E-state index in [2.05, 4.69) is 16.9 Å². The molecule has 1 aromatic heterocycles. The Bertz CT molecular complexity index is 462. The van der Waals surface area contributed by atoms with Gasteiger partial charge in [0.2, 0.25) is 0 Å². The average Bonchev–Trinajstić information content (AvgIpc) is 2.48. The van der Waals surface area contributed by atoms with Crippen LogP contribution < -0.4 is 0 Å². The molecule has 1 heterocycles. The van der Waals surface area contributed by atoms with Crippen LogP contribution in [-0.4, -0.2) is 15.9 Å². The summed E-state index contributed by atoms with van der Waals surface area (Å²) in [6, 6.07) is 7.69. The second-order valence-electron chi connectivity index (χ2n) is 3.34. The molecule has 3 heteroatoms. The van der Waals surface area contributed by atoms with E-state index < -0.39 is 0 Å². The molecular formula is C11H13NOS. The Hall–Kier alpha value is -1.09. The molecule has 0 unspecified atom stereocenters. The largest absolute Gasteiger partial charge is 0.507 e. The van der Waals surface area contributed by atoms with E-state index in [-0.39, 0.29) is 0 Å². The van der Waals surface area contributed by atoms with Gasteiger partial charge in [-0.05, 0) is 24.5 Å². The first-order valence-electron chi connectivity index (χ1n) is 4.49. The normalized spacial score (nSPS) is 11.0. The SMILES string of the molecule is CSCc1cc2c(O)cccc2n1C. The summed E-state index contributed by atoms with van der Waals surface area (Å²) < 4.78 is 2.13. The van der Waals surface area contributed by atoms with Crippen LogP contribution in [0.4, 0.5) is 0 Å². The Morgan fingerprint density at radius 2 is 2.21 bits per heavy atom. The van der Waals surface area contributed by atoms with E-state index in [1.807, 2.05) is 19.2 Å². The van der Waals surface area contributed by atoms with Gasteiger partial charge in [-0.15, -0.1) is 0 Å². The molecule has 14 heavy (non-hydrogen) atoms. The number of hydrogen-bond donors (Lipinski definition) is 1. The molecule has 0 fully saturated rings. The number of phenols is 1. The molecule has 0 amide bonds. The monoisotopic (exact) mass is 207 g/mol. The van der Waals surface area contributed by atoms with Gasteiger partial charge in [0.1, 0.15) is 5.75 Å². The number of aromatic hydroxyl groups is 1. The summed E-state index contributed by atoms with van der Waals surface area (Å²) in [6.45, 7) is 0. The van der Waals surface area contributed by atoms with Crippen molar-refractivity contribution in [3.05, 3.63) is 30.0 Å². The fraction of sp³-hybridized carbons (Fsp3) is 0.273. The molecule has 0 spiro atoms.